The number of hydrogen-bond donors (Lipinski definition) is 1. The van der Waals surface area contributed by atoms with E-state index in [4.69, 9.17) is 11.6 Å². The summed E-state index contributed by atoms with van der Waals surface area (Å²) in [5.41, 5.74) is 0.776. The van der Waals surface area contributed by atoms with Crippen LogP contribution in [0.25, 0.3) is 0 Å². The predicted octanol–water partition coefficient (Wildman–Crippen LogP) is 1.41. The summed E-state index contributed by atoms with van der Waals surface area (Å²) in [6, 6.07) is 4.24. The number of nitrogens with zero attached hydrogens (tertiary/aromatic N) is 1. The second kappa shape index (κ2) is 4.80. The third-order valence-electron chi connectivity index (χ3n) is 2.56. The Labute approximate surface area is 98.2 Å². The fraction of sp³-hybridized carbons (Fsp3) is 0.364. The van der Waals surface area contributed by atoms with Gasteiger partial charge in [-0.15, -0.1) is 0 Å². The Balaban J connectivity index is 2.10. The van der Waals surface area contributed by atoms with E-state index in [1.807, 2.05) is 0 Å². The first-order valence-electron chi connectivity index (χ1n) is 5.09. The van der Waals surface area contributed by atoms with Gasteiger partial charge in [-0.1, -0.05) is 17.7 Å². The SMILES string of the molecule is O=C1CNCCN1Cc1ccc(F)cc1Cl. The second-order valence-electron chi connectivity index (χ2n) is 3.73. The van der Waals surface area contributed by atoms with Gasteiger partial charge in [-0.05, 0) is 17.7 Å². The van der Waals surface area contributed by atoms with Crippen molar-refractivity contribution in [3.05, 3.63) is 34.6 Å². The van der Waals surface area contributed by atoms with Crippen LogP contribution < -0.4 is 5.32 Å². The highest BCUT2D eigenvalue weighted by Crippen LogP contribution is 2.19. The second-order valence-corrected chi connectivity index (χ2v) is 4.14. The van der Waals surface area contributed by atoms with Gasteiger partial charge in [0.05, 0.1) is 6.54 Å². The molecule has 0 saturated carbocycles. The van der Waals surface area contributed by atoms with Gasteiger partial charge in [-0.3, -0.25) is 4.79 Å². The Kier molecular flexibility index (Phi) is 3.41. The van der Waals surface area contributed by atoms with E-state index in [0.29, 0.717) is 24.7 Å². The predicted molar refractivity (Wildman–Crippen MR) is 59.7 cm³/mol. The molecule has 1 N–H and O–H groups in total. The molecule has 1 aromatic carbocycles. The molecule has 0 radical (unpaired) electrons. The van der Waals surface area contributed by atoms with E-state index in [0.717, 1.165) is 12.1 Å². The summed E-state index contributed by atoms with van der Waals surface area (Å²) < 4.78 is 12.8. The Morgan fingerprint density at radius 3 is 3.00 bits per heavy atom. The molecule has 1 heterocycles. The maximum Gasteiger partial charge on any atom is 0.236 e. The molecule has 0 spiro atoms. The van der Waals surface area contributed by atoms with Crippen LogP contribution in [0.4, 0.5) is 4.39 Å². The van der Waals surface area contributed by atoms with Crippen molar-refractivity contribution in [2.24, 2.45) is 0 Å². The highest BCUT2D eigenvalue weighted by atomic mass is 35.5. The van der Waals surface area contributed by atoms with E-state index >= 15 is 0 Å². The Hall–Kier alpha value is -1.13. The van der Waals surface area contributed by atoms with E-state index in [1.54, 1.807) is 11.0 Å². The molecule has 5 heteroatoms. The molecule has 2 rings (SSSR count). The number of hydrogen-bond acceptors (Lipinski definition) is 2. The van der Waals surface area contributed by atoms with Crippen LogP contribution in [0.15, 0.2) is 18.2 Å². The lowest BCUT2D eigenvalue weighted by molar-refractivity contribution is -0.132. The van der Waals surface area contributed by atoms with Gasteiger partial charge in [0.2, 0.25) is 5.91 Å². The van der Waals surface area contributed by atoms with Gasteiger partial charge < -0.3 is 10.2 Å². The minimum atomic E-state index is -0.361. The molecular formula is C11H12ClFN2O. The van der Waals surface area contributed by atoms with E-state index in [9.17, 15) is 9.18 Å². The van der Waals surface area contributed by atoms with Gasteiger partial charge in [-0.25, -0.2) is 4.39 Å². The fourth-order valence-electron chi connectivity index (χ4n) is 1.67. The van der Waals surface area contributed by atoms with Gasteiger partial charge in [0, 0.05) is 24.7 Å². The molecule has 1 aromatic rings. The van der Waals surface area contributed by atoms with Gasteiger partial charge in [-0.2, -0.15) is 0 Å². The van der Waals surface area contributed by atoms with Crippen molar-refractivity contribution in [3.8, 4) is 0 Å². The highest BCUT2D eigenvalue weighted by Gasteiger charge is 2.18. The smallest absolute Gasteiger partial charge is 0.236 e. The fourth-order valence-corrected chi connectivity index (χ4v) is 1.90. The topological polar surface area (TPSA) is 32.3 Å². The zero-order valence-electron chi connectivity index (χ0n) is 8.67. The van der Waals surface area contributed by atoms with Crippen LogP contribution in [-0.2, 0) is 11.3 Å². The van der Waals surface area contributed by atoms with Crippen molar-refractivity contribution in [3.63, 3.8) is 0 Å². The maximum atomic E-state index is 12.8. The zero-order chi connectivity index (χ0) is 11.5. The summed E-state index contributed by atoms with van der Waals surface area (Å²) in [6.45, 7) is 2.25. The average Bonchev–Trinajstić information content (AvgIpc) is 2.25. The molecule has 1 amide bonds. The van der Waals surface area contributed by atoms with Gasteiger partial charge in [0.25, 0.3) is 0 Å². The number of piperazine rings is 1. The summed E-state index contributed by atoms with van der Waals surface area (Å²) in [5, 5.41) is 3.36. The first-order chi connectivity index (χ1) is 7.66. The van der Waals surface area contributed by atoms with Crippen LogP contribution in [0, 0.1) is 5.82 Å². The molecule has 1 aliphatic rings. The number of amides is 1. The normalized spacial score (nSPS) is 16.6. The molecule has 0 aliphatic carbocycles. The largest absolute Gasteiger partial charge is 0.336 e. The van der Waals surface area contributed by atoms with E-state index in [2.05, 4.69) is 5.32 Å². The van der Waals surface area contributed by atoms with Crippen molar-refractivity contribution in [1.29, 1.82) is 0 Å². The average molecular weight is 243 g/mol. The van der Waals surface area contributed by atoms with Crippen molar-refractivity contribution >= 4 is 17.5 Å². The van der Waals surface area contributed by atoms with Gasteiger partial charge >= 0.3 is 0 Å². The van der Waals surface area contributed by atoms with Crippen LogP contribution in [0.1, 0.15) is 5.56 Å². The molecule has 0 unspecified atom stereocenters. The van der Waals surface area contributed by atoms with Crippen LogP contribution >= 0.6 is 11.6 Å². The summed E-state index contributed by atoms with van der Waals surface area (Å²) in [6.07, 6.45) is 0. The quantitative estimate of drug-likeness (QED) is 0.851. The van der Waals surface area contributed by atoms with E-state index < -0.39 is 0 Å². The molecule has 1 fully saturated rings. The number of carbonyl (C=O) groups excluding carboxylic acids is 1. The molecule has 1 saturated heterocycles. The van der Waals surface area contributed by atoms with E-state index in [-0.39, 0.29) is 11.7 Å². The van der Waals surface area contributed by atoms with Gasteiger partial charge in [0.15, 0.2) is 0 Å². The molecule has 0 bridgehead atoms. The summed E-state index contributed by atoms with van der Waals surface area (Å²) in [7, 11) is 0. The molecular weight excluding hydrogens is 231 g/mol. The summed E-state index contributed by atoms with van der Waals surface area (Å²) >= 11 is 5.90. The number of halogens is 2. The number of rotatable bonds is 2. The molecule has 86 valence electrons. The minimum Gasteiger partial charge on any atom is -0.336 e. The van der Waals surface area contributed by atoms with Crippen molar-refractivity contribution in [2.45, 2.75) is 6.54 Å². The summed E-state index contributed by atoms with van der Waals surface area (Å²) in [5.74, 6) is -0.313. The molecule has 0 atom stereocenters. The third kappa shape index (κ3) is 2.51. The minimum absolute atomic E-state index is 0.0478. The first-order valence-corrected chi connectivity index (χ1v) is 5.47. The van der Waals surface area contributed by atoms with Crippen LogP contribution in [0.3, 0.4) is 0 Å². The molecule has 16 heavy (non-hydrogen) atoms. The van der Waals surface area contributed by atoms with Crippen LogP contribution in [0.2, 0.25) is 5.02 Å². The van der Waals surface area contributed by atoms with Crippen molar-refractivity contribution < 1.29 is 9.18 Å². The Bertz CT molecular complexity index is 411. The number of benzene rings is 1. The van der Waals surface area contributed by atoms with E-state index in [1.165, 1.54) is 12.1 Å². The van der Waals surface area contributed by atoms with Gasteiger partial charge in [0.1, 0.15) is 5.82 Å². The zero-order valence-corrected chi connectivity index (χ0v) is 9.43. The monoisotopic (exact) mass is 242 g/mol. The standard InChI is InChI=1S/C11H12ClFN2O/c12-10-5-9(13)2-1-8(10)7-15-4-3-14-6-11(15)16/h1-2,5,14H,3-4,6-7H2. The lowest BCUT2D eigenvalue weighted by atomic mass is 10.2. The lowest BCUT2D eigenvalue weighted by Crippen LogP contribution is -2.47. The number of nitrogens with one attached hydrogen (secondary N) is 1. The summed E-state index contributed by atoms with van der Waals surface area (Å²) in [4.78, 5) is 13.2. The Morgan fingerprint density at radius 1 is 1.50 bits per heavy atom. The third-order valence-corrected chi connectivity index (χ3v) is 2.92. The Morgan fingerprint density at radius 2 is 2.31 bits per heavy atom. The lowest BCUT2D eigenvalue weighted by Gasteiger charge is -2.27. The van der Waals surface area contributed by atoms with Crippen LogP contribution in [-0.4, -0.2) is 30.4 Å². The first kappa shape index (κ1) is 11.4. The maximum absolute atomic E-state index is 12.8. The van der Waals surface area contributed by atoms with Crippen molar-refractivity contribution in [1.82, 2.24) is 10.2 Å². The highest BCUT2D eigenvalue weighted by molar-refractivity contribution is 6.31. The molecule has 3 nitrogen and oxygen atoms in total. The molecule has 0 aromatic heterocycles. The number of carbonyl (C=O) groups is 1. The molecule has 1 aliphatic heterocycles. The van der Waals surface area contributed by atoms with Crippen molar-refractivity contribution in [2.75, 3.05) is 19.6 Å². The van der Waals surface area contributed by atoms with Crippen LogP contribution in [0.5, 0.6) is 0 Å².